The van der Waals surface area contributed by atoms with Gasteiger partial charge in [-0.15, -0.1) is 0 Å². The fourth-order valence-electron chi connectivity index (χ4n) is 3.29. The highest BCUT2D eigenvalue weighted by molar-refractivity contribution is 5.66. The van der Waals surface area contributed by atoms with Crippen molar-refractivity contribution in [3.8, 4) is 0 Å². The summed E-state index contributed by atoms with van der Waals surface area (Å²) >= 11 is 0. The largest absolute Gasteiger partial charge is 0.384 e. The van der Waals surface area contributed by atoms with Crippen molar-refractivity contribution in [1.29, 1.82) is 0 Å². The van der Waals surface area contributed by atoms with Crippen LogP contribution in [0.5, 0.6) is 0 Å². The maximum atomic E-state index is 14.1. The molecule has 0 fully saturated rings. The van der Waals surface area contributed by atoms with Crippen LogP contribution in [0.25, 0.3) is 0 Å². The molecule has 0 aliphatic heterocycles. The molecule has 0 radical (unpaired) electrons. The van der Waals surface area contributed by atoms with E-state index in [0.717, 1.165) is 31.0 Å². The number of nitrogens with one attached hydrogen (secondary N) is 3. The molecule has 0 saturated carbocycles. The monoisotopic (exact) mass is 422 g/mol. The van der Waals surface area contributed by atoms with Gasteiger partial charge in [0.05, 0.1) is 24.2 Å². The highest BCUT2D eigenvalue weighted by Crippen LogP contribution is 2.25. The van der Waals surface area contributed by atoms with Gasteiger partial charge >= 0.3 is 0 Å². The standard InChI is InChI=1S/C24H31FN6/c1-18(2)16-31(17-29-21-12-8-7-11-20(21)25)23-22(26-3)15-28-24(30-23)27-14-13-19-9-5-4-6-10-19/h4-12,15,18,26,29H,13-14,16-17H2,1-3H3,(H,27,28,30). The third-order valence-corrected chi connectivity index (χ3v) is 4.80. The molecule has 1 aromatic heterocycles. The summed E-state index contributed by atoms with van der Waals surface area (Å²) < 4.78 is 14.1. The lowest BCUT2D eigenvalue weighted by atomic mass is 10.1. The Morgan fingerprint density at radius 2 is 1.71 bits per heavy atom. The van der Waals surface area contributed by atoms with E-state index >= 15 is 0 Å². The predicted molar refractivity (Wildman–Crippen MR) is 127 cm³/mol. The lowest BCUT2D eigenvalue weighted by Gasteiger charge is -2.28. The summed E-state index contributed by atoms with van der Waals surface area (Å²) in [5, 5.41) is 9.69. The summed E-state index contributed by atoms with van der Waals surface area (Å²) in [5.41, 5.74) is 2.56. The summed E-state index contributed by atoms with van der Waals surface area (Å²) in [6.07, 6.45) is 2.67. The van der Waals surface area contributed by atoms with Gasteiger partial charge in [-0.3, -0.25) is 0 Å². The first kappa shape index (κ1) is 22.3. The van der Waals surface area contributed by atoms with Gasteiger partial charge < -0.3 is 20.9 Å². The maximum Gasteiger partial charge on any atom is 0.224 e. The van der Waals surface area contributed by atoms with Crippen LogP contribution in [0, 0.1) is 11.7 Å². The number of anilines is 4. The Balaban J connectivity index is 1.74. The van der Waals surface area contributed by atoms with Crippen LogP contribution in [0.4, 0.5) is 27.5 Å². The molecule has 0 aliphatic carbocycles. The fraction of sp³-hybridized carbons (Fsp3) is 0.333. The molecular formula is C24H31FN6. The lowest BCUT2D eigenvalue weighted by molar-refractivity contribution is 0.610. The molecule has 1 heterocycles. The van der Waals surface area contributed by atoms with Crippen LogP contribution < -0.4 is 20.9 Å². The second kappa shape index (κ2) is 11.2. The van der Waals surface area contributed by atoms with Gasteiger partial charge in [-0.05, 0) is 30.0 Å². The van der Waals surface area contributed by atoms with E-state index in [2.05, 4.69) is 51.8 Å². The summed E-state index contributed by atoms with van der Waals surface area (Å²) in [6, 6.07) is 17.0. The van der Waals surface area contributed by atoms with Gasteiger partial charge in [0.1, 0.15) is 5.82 Å². The minimum Gasteiger partial charge on any atom is -0.384 e. The van der Waals surface area contributed by atoms with E-state index in [-0.39, 0.29) is 5.82 Å². The lowest BCUT2D eigenvalue weighted by Crippen LogP contribution is -2.34. The van der Waals surface area contributed by atoms with Crippen molar-refractivity contribution in [3.63, 3.8) is 0 Å². The Bertz CT molecular complexity index is 948. The zero-order valence-corrected chi connectivity index (χ0v) is 18.4. The Morgan fingerprint density at radius 3 is 2.42 bits per heavy atom. The van der Waals surface area contributed by atoms with Crippen LogP contribution in [-0.2, 0) is 6.42 Å². The second-order valence-electron chi connectivity index (χ2n) is 7.77. The van der Waals surface area contributed by atoms with Crippen molar-refractivity contribution in [3.05, 3.63) is 72.2 Å². The van der Waals surface area contributed by atoms with Gasteiger partial charge in [0.15, 0.2) is 5.82 Å². The number of benzene rings is 2. The molecule has 6 nitrogen and oxygen atoms in total. The van der Waals surface area contributed by atoms with Crippen LogP contribution in [0.1, 0.15) is 19.4 Å². The van der Waals surface area contributed by atoms with Crippen molar-refractivity contribution in [2.75, 3.05) is 47.7 Å². The molecule has 2 aromatic carbocycles. The number of halogens is 1. The van der Waals surface area contributed by atoms with Crippen LogP contribution in [-0.4, -0.2) is 36.8 Å². The van der Waals surface area contributed by atoms with E-state index in [4.69, 9.17) is 4.98 Å². The first-order valence-electron chi connectivity index (χ1n) is 10.6. The quantitative estimate of drug-likeness (QED) is 0.384. The van der Waals surface area contributed by atoms with Crippen molar-refractivity contribution in [2.45, 2.75) is 20.3 Å². The molecule has 0 atom stereocenters. The third-order valence-electron chi connectivity index (χ3n) is 4.80. The van der Waals surface area contributed by atoms with E-state index in [0.29, 0.717) is 24.2 Å². The number of hydrogen-bond donors (Lipinski definition) is 3. The van der Waals surface area contributed by atoms with Gasteiger partial charge in [0.25, 0.3) is 0 Å². The second-order valence-corrected chi connectivity index (χ2v) is 7.77. The van der Waals surface area contributed by atoms with Gasteiger partial charge in [-0.1, -0.05) is 56.3 Å². The topological polar surface area (TPSA) is 65.1 Å². The number of para-hydroxylation sites is 1. The van der Waals surface area contributed by atoms with E-state index in [1.54, 1.807) is 18.3 Å². The molecule has 31 heavy (non-hydrogen) atoms. The molecule has 3 aromatic rings. The number of hydrogen-bond acceptors (Lipinski definition) is 6. The molecule has 0 aliphatic rings. The summed E-state index contributed by atoms with van der Waals surface area (Å²) in [7, 11) is 1.85. The van der Waals surface area contributed by atoms with Crippen molar-refractivity contribution >= 4 is 23.1 Å². The average Bonchev–Trinajstić information content (AvgIpc) is 2.78. The van der Waals surface area contributed by atoms with Crippen molar-refractivity contribution in [1.82, 2.24) is 9.97 Å². The smallest absolute Gasteiger partial charge is 0.224 e. The highest BCUT2D eigenvalue weighted by atomic mass is 19.1. The Hall–Kier alpha value is -3.35. The summed E-state index contributed by atoms with van der Waals surface area (Å²) in [6.45, 7) is 6.22. The first-order valence-corrected chi connectivity index (χ1v) is 10.6. The van der Waals surface area contributed by atoms with Crippen molar-refractivity contribution < 1.29 is 4.39 Å². The zero-order chi connectivity index (χ0) is 22.1. The molecular weight excluding hydrogens is 391 g/mol. The average molecular weight is 423 g/mol. The maximum absolute atomic E-state index is 14.1. The Labute approximate surface area is 183 Å². The number of nitrogens with zero attached hydrogens (tertiary/aromatic N) is 3. The predicted octanol–water partition coefficient (Wildman–Crippen LogP) is 4.84. The van der Waals surface area contributed by atoms with Gasteiger partial charge in [0, 0.05) is 20.1 Å². The Kier molecular flexibility index (Phi) is 8.04. The van der Waals surface area contributed by atoms with E-state index < -0.39 is 0 Å². The molecule has 0 unspecified atom stereocenters. The molecule has 0 bridgehead atoms. The van der Waals surface area contributed by atoms with E-state index in [1.807, 2.05) is 31.3 Å². The summed E-state index contributed by atoms with van der Waals surface area (Å²) in [4.78, 5) is 11.3. The van der Waals surface area contributed by atoms with Crippen LogP contribution >= 0.6 is 0 Å². The van der Waals surface area contributed by atoms with Crippen LogP contribution in [0.15, 0.2) is 60.8 Å². The molecule has 164 valence electrons. The molecule has 3 N–H and O–H groups in total. The number of aromatic nitrogens is 2. The van der Waals surface area contributed by atoms with Crippen molar-refractivity contribution in [2.24, 2.45) is 5.92 Å². The Morgan fingerprint density at radius 1 is 0.968 bits per heavy atom. The normalized spacial score (nSPS) is 10.7. The molecule has 0 saturated heterocycles. The molecule has 0 amide bonds. The molecule has 7 heteroatoms. The molecule has 0 spiro atoms. The first-order chi connectivity index (χ1) is 15.1. The van der Waals surface area contributed by atoms with Crippen LogP contribution in [0.3, 0.4) is 0 Å². The van der Waals surface area contributed by atoms with Gasteiger partial charge in [0.2, 0.25) is 5.95 Å². The third kappa shape index (κ3) is 6.57. The van der Waals surface area contributed by atoms with Gasteiger partial charge in [-0.2, -0.15) is 4.98 Å². The number of rotatable bonds is 11. The molecule has 3 rings (SSSR count). The highest BCUT2D eigenvalue weighted by Gasteiger charge is 2.16. The summed E-state index contributed by atoms with van der Waals surface area (Å²) in [5.74, 6) is 1.48. The van der Waals surface area contributed by atoms with E-state index in [9.17, 15) is 4.39 Å². The fourth-order valence-corrected chi connectivity index (χ4v) is 3.29. The van der Waals surface area contributed by atoms with E-state index in [1.165, 1.54) is 11.6 Å². The zero-order valence-electron chi connectivity index (χ0n) is 18.4. The van der Waals surface area contributed by atoms with Gasteiger partial charge in [-0.25, -0.2) is 9.37 Å². The van der Waals surface area contributed by atoms with Crippen LogP contribution in [0.2, 0.25) is 0 Å². The minimum absolute atomic E-state index is 0.271. The minimum atomic E-state index is -0.271. The SMILES string of the molecule is CNc1cnc(NCCc2ccccc2)nc1N(CNc1ccccc1F)CC(C)C.